The molecule has 0 saturated heterocycles. The molecule has 4 heteroatoms. The summed E-state index contributed by atoms with van der Waals surface area (Å²) in [6, 6.07) is 4.62. The van der Waals surface area contributed by atoms with Crippen LogP contribution in [0.25, 0.3) is 9.88 Å². The van der Waals surface area contributed by atoms with Crippen molar-refractivity contribution in [2.75, 3.05) is 7.05 Å². The lowest BCUT2D eigenvalue weighted by atomic mass is 10.3. The van der Waals surface area contributed by atoms with Gasteiger partial charge < -0.3 is 5.32 Å². The van der Waals surface area contributed by atoms with E-state index in [0.717, 1.165) is 10.7 Å². The van der Waals surface area contributed by atoms with E-state index >= 15 is 0 Å². The van der Waals surface area contributed by atoms with Crippen LogP contribution in [-0.2, 0) is 0 Å². The predicted molar refractivity (Wildman–Crippen MR) is 67.6 cm³/mol. The number of aryl methyl sites for hydroxylation is 1. The van der Waals surface area contributed by atoms with Crippen molar-refractivity contribution in [3.8, 4) is 9.88 Å². The molecule has 1 N–H and O–H groups in total. The van der Waals surface area contributed by atoms with Crippen molar-refractivity contribution in [3.05, 3.63) is 28.1 Å². The Bertz CT molecular complexity index is 445. The fourth-order valence-electron chi connectivity index (χ4n) is 1.30. The quantitative estimate of drug-likeness (QED) is 0.885. The van der Waals surface area contributed by atoms with Gasteiger partial charge in [0.1, 0.15) is 5.01 Å². The zero-order valence-corrected chi connectivity index (χ0v) is 10.7. The molecular weight excluding hydrogens is 224 g/mol. The summed E-state index contributed by atoms with van der Waals surface area (Å²) in [5, 5.41) is 6.46. The highest BCUT2D eigenvalue weighted by Crippen LogP contribution is 2.31. The van der Waals surface area contributed by atoms with E-state index in [4.69, 9.17) is 0 Å². The molecule has 2 aromatic heterocycles. The predicted octanol–water partition coefficient (Wildman–Crippen LogP) is 3.46. The van der Waals surface area contributed by atoms with Gasteiger partial charge in [0.05, 0.1) is 10.6 Å². The van der Waals surface area contributed by atoms with Gasteiger partial charge in [0.25, 0.3) is 0 Å². The van der Waals surface area contributed by atoms with Crippen LogP contribution in [-0.4, -0.2) is 12.0 Å². The lowest BCUT2D eigenvalue weighted by Gasteiger charge is -2.04. The third-order valence-electron chi connectivity index (χ3n) is 2.35. The minimum Gasteiger partial charge on any atom is -0.312 e. The van der Waals surface area contributed by atoms with Crippen molar-refractivity contribution in [2.24, 2.45) is 0 Å². The van der Waals surface area contributed by atoms with Crippen molar-refractivity contribution in [1.29, 1.82) is 0 Å². The normalized spacial score (nSPS) is 13.0. The molecular formula is C11H14N2S2. The van der Waals surface area contributed by atoms with Crippen molar-refractivity contribution < 1.29 is 0 Å². The van der Waals surface area contributed by atoms with Crippen LogP contribution in [0.5, 0.6) is 0 Å². The van der Waals surface area contributed by atoms with Crippen LogP contribution in [0, 0.1) is 6.92 Å². The lowest BCUT2D eigenvalue weighted by Crippen LogP contribution is -2.12. The van der Waals surface area contributed by atoms with Gasteiger partial charge in [0, 0.05) is 16.3 Å². The summed E-state index contributed by atoms with van der Waals surface area (Å²) in [5.41, 5.74) is 1.13. The second-order valence-corrected chi connectivity index (χ2v) is 5.64. The van der Waals surface area contributed by atoms with Crippen molar-refractivity contribution in [3.63, 3.8) is 0 Å². The molecule has 0 bridgehead atoms. The summed E-state index contributed by atoms with van der Waals surface area (Å²) in [5.74, 6) is 0. The molecule has 0 aliphatic heterocycles. The molecule has 0 fully saturated rings. The maximum Gasteiger partial charge on any atom is 0.133 e. The largest absolute Gasteiger partial charge is 0.312 e. The van der Waals surface area contributed by atoms with Gasteiger partial charge in [-0.2, -0.15) is 0 Å². The maximum atomic E-state index is 4.63. The number of nitrogens with zero attached hydrogens (tertiary/aromatic N) is 1. The highest BCUT2D eigenvalue weighted by Gasteiger charge is 2.10. The van der Waals surface area contributed by atoms with Crippen LogP contribution in [0.4, 0.5) is 0 Å². The summed E-state index contributed by atoms with van der Waals surface area (Å²) in [6.07, 6.45) is 0. The molecule has 0 saturated carbocycles. The Kier molecular flexibility index (Phi) is 3.19. The standard InChI is InChI=1S/C11H14N2S2/c1-7-4-5-10(15-7)11-13-9(6-14-11)8(2)12-3/h4-6,8,12H,1-3H3. The van der Waals surface area contributed by atoms with Crippen LogP contribution < -0.4 is 5.32 Å². The number of hydrogen-bond donors (Lipinski definition) is 1. The first-order chi connectivity index (χ1) is 7.20. The molecule has 2 rings (SSSR count). The fraction of sp³-hybridized carbons (Fsp3) is 0.364. The first kappa shape index (κ1) is 10.8. The first-order valence-electron chi connectivity index (χ1n) is 4.90. The smallest absolute Gasteiger partial charge is 0.133 e. The van der Waals surface area contributed by atoms with E-state index in [1.165, 1.54) is 9.75 Å². The number of hydrogen-bond acceptors (Lipinski definition) is 4. The maximum absolute atomic E-state index is 4.63. The monoisotopic (exact) mass is 238 g/mol. The highest BCUT2D eigenvalue weighted by molar-refractivity contribution is 7.21. The Labute approximate surface area is 98.0 Å². The minimum absolute atomic E-state index is 0.330. The molecule has 0 amide bonds. The Hall–Kier alpha value is -0.710. The second kappa shape index (κ2) is 4.43. The molecule has 1 unspecified atom stereocenters. The second-order valence-electron chi connectivity index (χ2n) is 3.50. The summed E-state index contributed by atoms with van der Waals surface area (Å²) >= 11 is 3.52. The van der Waals surface area contributed by atoms with E-state index in [-0.39, 0.29) is 0 Å². The fourth-order valence-corrected chi connectivity index (χ4v) is 3.15. The molecule has 0 spiro atoms. The summed E-state index contributed by atoms with van der Waals surface area (Å²) in [7, 11) is 1.96. The van der Waals surface area contributed by atoms with Gasteiger partial charge in [-0.05, 0) is 33.0 Å². The Morgan fingerprint density at radius 3 is 2.80 bits per heavy atom. The zero-order chi connectivity index (χ0) is 10.8. The summed E-state index contributed by atoms with van der Waals surface area (Å²) < 4.78 is 0. The van der Waals surface area contributed by atoms with Crippen molar-refractivity contribution >= 4 is 22.7 Å². The number of nitrogens with one attached hydrogen (secondary N) is 1. The van der Waals surface area contributed by atoms with Crippen LogP contribution in [0.3, 0.4) is 0 Å². The lowest BCUT2D eigenvalue weighted by molar-refractivity contribution is 0.637. The molecule has 0 aromatic carbocycles. The Morgan fingerprint density at radius 2 is 2.20 bits per heavy atom. The number of aromatic nitrogens is 1. The molecule has 0 aliphatic carbocycles. The van der Waals surface area contributed by atoms with Gasteiger partial charge in [0.15, 0.2) is 0 Å². The van der Waals surface area contributed by atoms with E-state index in [9.17, 15) is 0 Å². The van der Waals surface area contributed by atoms with Gasteiger partial charge in [-0.1, -0.05) is 0 Å². The van der Waals surface area contributed by atoms with Gasteiger partial charge in [0.2, 0.25) is 0 Å². The average molecular weight is 238 g/mol. The third-order valence-corrected chi connectivity index (χ3v) is 4.38. The van der Waals surface area contributed by atoms with Crippen LogP contribution in [0.2, 0.25) is 0 Å². The number of rotatable bonds is 3. The van der Waals surface area contributed by atoms with Gasteiger partial charge in [-0.15, -0.1) is 22.7 Å². The van der Waals surface area contributed by atoms with Crippen LogP contribution >= 0.6 is 22.7 Å². The average Bonchev–Trinajstić information content (AvgIpc) is 2.84. The molecule has 2 aromatic rings. The molecule has 15 heavy (non-hydrogen) atoms. The van der Waals surface area contributed by atoms with Crippen LogP contribution in [0.15, 0.2) is 17.5 Å². The molecule has 2 heterocycles. The zero-order valence-electron chi connectivity index (χ0n) is 9.07. The minimum atomic E-state index is 0.330. The van der Waals surface area contributed by atoms with E-state index in [1.54, 1.807) is 22.7 Å². The van der Waals surface area contributed by atoms with Gasteiger partial charge in [-0.25, -0.2) is 4.98 Å². The SMILES string of the molecule is CNC(C)c1csc(-c2ccc(C)s2)n1. The molecule has 2 nitrogen and oxygen atoms in total. The molecule has 1 atom stereocenters. The van der Waals surface area contributed by atoms with E-state index in [0.29, 0.717) is 6.04 Å². The van der Waals surface area contributed by atoms with E-state index in [2.05, 4.69) is 41.7 Å². The Balaban J connectivity index is 2.27. The molecule has 0 radical (unpaired) electrons. The van der Waals surface area contributed by atoms with Crippen molar-refractivity contribution in [1.82, 2.24) is 10.3 Å². The Morgan fingerprint density at radius 1 is 1.40 bits per heavy atom. The summed E-state index contributed by atoms with van der Waals surface area (Å²) in [4.78, 5) is 7.24. The van der Waals surface area contributed by atoms with E-state index < -0.39 is 0 Å². The van der Waals surface area contributed by atoms with Crippen molar-refractivity contribution in [2.45, 2.75) is 19.9 Å². The first-order valence-corrected chi connectivity index (χ1v) is 6.60. The third kappa shape index (κ3) is 2.27. The molecule has 0 aliphatic rings. The van der Waals surface area contributed by atoms with Gasteiger partial charge in [-0.3, -0.25) is 0 Å². The number of thiazole rings is 1. The van der Waals surface area contributed by atoms with E-state index in [1.807, 2.05) is 7.05 Å². The van der Waals surface area contributed by atoms with Crippen LogP contribution in [0.1, 0.15) is 23.5 Å². The molecule has 80 valence electrons. The highest BCUT2D eigenvalue weighted by atomic mass is 32.1. The summed E-state index contributed by atoms with van der Waals surface area (Å²) in [6.45, 7) is 4.25. The number of thiophene rings is 1. The van der Waals surface area contributed by atoms with Gasteiger partial charge >= 0.3 is 0 Å². The topological polar surface area (TPSA) is 24.9 Å².